The van der Waals surface area contributed by atoms with Gasteiger partial charge in [0.05, 0.1) is 0 Å². The molecule has 3 rings (SSSR count). The molecular formula is C19H25NS. The molecule has 0 spiro atoms. The van der Waals surface area contributed by atoms with Gasteiger partial charge in [-0.25, -0.2) is 0 Å². The topological polar surface area (TPSA) is 3.24 Å². The maximum atomic E-state index is 2.70. The number of hydrogen-bond donors (Lipinski definition) is 0. The molecule has 1 atom stereocenters. The number of thiophene rings is 1. The van der Waals surface area contributed by atoms with Crippen molar-refractivity contribution in [2.45, 2.75) is 52.1 Å². The molecule has 2 heteroatoms. The zero-order valence-electron chi connectivity index (χ0n) is 13.1. The van der Waals surface area contributed by atoms with E-state index in [1.54, 1.807) is 4.88 Å². The van der Waals surface area contributed by atoms with Gasteiger partial charge in [0.25, 0.3) is 0 Å². The van der Waals surface area contributed by atoms with Crippen LogP contribution in [0.1, 0.15) is 53.3 Å². The van der Waals surface area contributed by atoms with Gasteiger partial charge >= 0.3 is 0 Å². The molecule has 1 aliphatic heterocycles. The third-order valence-corrected chi connectivity index (χ3v) is 5.67. The van der Waals surface area contributed by atoms with Gasteiger partial charge in [-0.3, -0.25) is 4.90 Å². The first kappa shape index (κ1) is 14.8. The predicted octanol–water partition coefficient (Wildman–Crippen LogP) is 5.48. The highest BCUT2D eigenvalue weighted by molar-refractivity contribution is 7.10. The van der Waals surface area contributed by atoms with Crippen LogP contribution in [0.15, 0.2) is 35.7 Å². The normalized spacial score (nSPS) is 20.4. The molecule has 0 N–H and O–H groups in total. The molecule has 1 aliphatic rings. The van der Waals surface area contributed by atoms with Crippen LogP contribution in [0.4, 0.5) is 0 Å². The lowest BCUT2D eigenvalue weighted by Crippen LogP contribution is -2.27. The van der Waals surface area contributed by atoms with Gasteiger partial charge in [0.15, 0.2) is 0 Å². The average molecular weight is 299 g/mol. The number of nitrogens with zero attached hydrogens (tertiary/aromatic N) is 1. The van der Waals surface area contributed by atoms with Crippen molar-refractivity contribution in [2.24, 2.45) is 0 Å². The first-order chi connectivity index (χ1) is 10.2. The zero-order valence-corrected chi connectivity index (χ0v) is 14.0. The van der Waals surface area contributed by atoms with Crippen LogP contribution < -0.4 is 0 Å². The standard InChI is InChI=1S/C19H25NS/c1-15-9-10-17(13-16(15)2)14-20-11-5-3-4-7-18(20)19-8-6-12-21-19/h6,8-10,12-13,18H,3-5,7,11,14H2,1-2H3. The number of likely N-dealkylation sites (tertiary alicyclic amines) is 1. The zero-order chi connectivity index (χ0) is 14.7. The summed E-state index contributed by atoms with van der Waals surface area (Å²) in [6.07, 6.45) is 5.40. The van der Waals surface area contributed by atoms with Crippen molar-refractivity contribution in [1.82, 2.24) is 4.90 Å². The second-order valence-electron chi connectivity index (χ2n) is 6.27. The van der Waals surface area contributed by atoms with Crippen molar-refractivity contribution >= 4 is 11.3 Å². The molecule has 0 radical (unpaired) electrons. The molecule has 1 nitrogen and oxygen atoms in total. The largest absolute Gasteiger partial charge is 0.291 e. The lowest BCUT2D eigenvalue weighted by atomic mass is 10.0. The van der Waals surface area contributed by atoms with E-state index in [9.17, 15) is 0 Å². The van der Waals surface area contributed by atoms with Crippen molar-refractivity contribution in [3.63, 3.8) is 0 Å². The predicted molar refractivity (Wildman–Crippen MR) is 91.9 cm³/mol. The van der Waals surface area contributed by atoms with Crippen molar-refractivity contribution in [2.75, 3.05) is 6.54 Å². The van der Waals surface area contributed by atoms with Gasteiger partial charge in [-0.05, 0) is 61.4 Å². The minimum absolute atomic E-state index is 0.620. The Balaban J connectivity index is 1.81. The molecule has 2 heterocycles. The summed E-state index contributed by atoms with van der Waals surface area (Å²) in [4.78, 5) is 4.24. The Bertz CT molecular complexity index is 573. The molecule has 0 bridgehead atoms. The van der Waals surface area contributed by atoms with E-state index in [0.717, 1.165) is 6.54 Å². The second-order valence-corrected chi connectivity index (χ2v) is 7.25. The summed E-state index contributed by atoms with van der Waals surface area (Å²) in [6, 6.07) is 12.1. The smallest absolute Gasteiger partial charge is 0.0445 e. The lowest BCUT2D eigenvalue weighted by molar-refractivity contribution is 0.195. The summed E-state index contributed by atoms with van der Waals surface area (Å²) in [5, 5.41) is 2.22. The third kappa shape index (κ3) is 3.56. The van der Waals surface area contributed by atoms with Gasteiger partial charge in [0, 0.05) is 17.5 Å². The van der Waals surface area contributed by atoms with Gasteiger partial charge in [-0.2, -0.15) is 0 Å². The fourth-order valence-electron chi connectivity index (χ4n) is 3.30. The summed E-state index contributed by atoms with van der Waals surface area (Å²) in [5.74, 6) is 0. The molecule has 2 aromatic rings. The fraction of sp³-hybridized carbons (Fsp3) is 0.474. The first-order valence-corrected chi connectivity index (χ1v) is 8.95. The summed E-state index contributed by atoms with van der Waals surface area (Å²) < 4.78 is 0. The summed E-state index contributed by atoms with van der Waals surface area (Å²) in [7, 11) is 0. The fourth-order valence-corrected chi connectivity index (χ4v) is 4.19. The first-order valence-electron chi connectivity index (χ1n) is 8.07. The second kappa shape index (κ2) is 6.76. The van der Waals surface area contributed by atoms with Crippen LogP contribution in [0.5, 0.6) is 0 Å². The van der Waals surface area contributed by atoms with Crippen molar-refractivity contribution in [1.29, 1.82) is 0 Å². The molecule has 0 aliphatic carbocycles. The minimum atomic E-state index is 0.620. The molecule has 1 fully saturated rings. The van der Waals surface area contributed by atoms with Crippen molar-refractivity contribution < 1.29 is 0 Å². The van der Waals surface area contributed by atoms with E-state index < -0.39 is 0 Å². The number of benzene rings is 1. The van der Waals surface area contributed by atoms with Crippen LogP contribution in [0.2, 0.25) is 0 Å². The number of hydrogen-bond acceptors (Lipinski definition) is 2. The monoisotopic (exact) mass is 299 g/mol. The van der Waals surface area contributed by atoms with E-state index in [4.69, 9.17) is 0 Å². The van der Waals surface area contributed by atoms with Crippen LogP contribution >= 0.6 is 11.3 Å². The van der Waals surface area contributed by atoms with E-state index in [2.05, 4.69) is 54.5 Å². The van der Waals surface area contributed by atoms with Crippen molar-refractivity contribution in [3.8, 4) is 0 Å². The molecule has 1 aromatic carbocycles. The molecule has 1 aromatic heterocycles. The van der Waals surface area contributed by atoms with Crippen molar-refractivity contribution in [3.05, 3.63) is 57.3 Å². The summed E-state index contributed by atoms with van der Waals surface area (Å²) in [6.45, 7) is 6.73. The van der Waals surface area contributed by atoms with Crippen LogP contribution in [0.25, 0.3) is 0 Å². The van der Waals surface area contributed by atoms with Crippen LogP contribution in [-0.4, -0.2) is 11.4 Å². The average Bonchev–Trinajstić information content (AvgIpc) is 2.91. The Morgan fingerprint density at radius 1 is 1.10 bits per heavy atom. The Morgan fingerprint density at radius 2 is 2.00 bits per heavy atom. The van der Waals surface area contributed by atoms with Gasteiger partial charge in [0.1, 0.15) is 0 Å². The molecule has 21 heavy (non-hydrogen) atoms. The Kier molecular flexibility index (Phi) is 4.77. The third-order valence-electron chi connectivity index (χ3n) is 4.69. The SMILES string of the molecule is Cc1ccc(CN2CCCCCC2c2cccs2)cc1C. The van der Waals surface area contributed by atoms with Crippen LogP contribution in [0.3, 0.4) is 0 Å². The molecule has 112 valence electrons. The van der Waals surface area contributed by atoms with E-state index in [1.807, 2.05) is 11.3 Å². The molecule has 1 saturated heterocycles. The summed E-state index contributed by atoms with van der Waals surface area (Å²) in [5.41, 5.74) is 4.26. The summed E-state index contributed by atoms with van der Waals surface area (Å²) >= 11 is 1.92. The van der Waals surface area contributed by atoms with E-state index in [1.165, 1.54) is 48.9 Å². The Morgan fingerprint density at radius 3 is 2.76 bits per heavy atom. The minimum Gasteiger partial charge on any atom is -0.291 e. The van der Waals surface area contributed by atoms with E-state index >= 15 is 0 Å². The van der Waals surface area contributed by atoms with Gasteiger partial charge in [-0.1, -0.05) is 37.1 Å². The highest BCUT2D eigenvalue weighted by Crippen LogP contribution is 2.33. The molecule has 1 unspecified atom stereocenters. The highest BCUT2D eigenvalue weighted by atomic mass is 32.1. The molecule has 0 saturated carbocycles. The lowest BCUT2D eigenvalue weighted by Gasteiger charge is -2.29. The van der Waals surface area contributed by atoms with Crippen LogP contribution in [-0.2, 0) is 6.54 Å². The van der Waals surface area contributed by atoms with Gasteiger partial charge < -0.3 is 0 Å². The van der Waals surface area contributed by atoms with Gasteiger partial charge in [0.2, 0.25) is 0 Å². The quantitative estimate of drug-likeness (QED) is 0.725. The number of aryl methyl sites for hydroxylation is 2. The van der Waals surface area contributed by atoms with Gasteiger partial charge in [-0.15, -0.1) is 11.3 Å². The number of rotatable bonds is 3. The maximum Gasteiger partial charge on any atom is 0.0445 e. The molecule has 0 amide bonds. The highest BCUT2D eigenvalue weighted by Gasteiger charge is 2.23. The maximum absolute atomic E-state index is 2.70. The molecular weight excluding hydrogens is 274 g/mol. The van der Waals surface area contributed by atoms with E-state index in [-0.39, 0.29) is 0 Å². The Hall–Kier alpha value is -1.12. The van der Waals surface area contributed by atoms with E-state index in [0.29, 0.717) is 6.04 Å². The van der Waals surface area contributed by atoms with Crippen LogP contribution in [0, 0.1) is 13.8 Å². The Labute approximate surface area is 132 Å².